The Morgan fingerprint density at radius 1 is 1.00 bits per heavy atom. The van der Waals surface area contributed by atoms with E-state index in [-0.39, 0.29) is 6.61 Å². The zero-order valence-corrected chi connectivity index (χ0v) is 10.7. The van der Waals surface area contributed by atoms with Crippen molar-refractivity contribution in [2.45, 2.75) is 6.10 Å². The summed E-state index contributed by atoms with van der Waals surface area (Å²) < 4.78 is 0. The van der Waals surface area contributed by atoms with Crippen molar-refractivity contribution in [1.82, 2.24) is 9.80 Å². The smallest absolute Gasteiger partial charge is 0.0916 e. The lowest BCUT2D eigenvalue weighted by molar-refractivity contribution is 0.0661. The van der Waals surface area contributed by atoms with Crippen molar-refractivity contribution < 1.29 is 10.2 Å². The van der Waals surface area contributed by atoms with Gasteiger partial charge in [-0.1, -0.05) is 30.3 Å². The summed E-state index contributed by atoms with van der Waals surface area (Å²) in [6.45, 7) is 5.55. The number of benzene rings is 1. The molecule has 1 unspecified atom stereocenters. The summed E-state index contributed by atoms with van der Waals surface area (Å²) in [7, 11) is 0. The maximum absolute atomic E-state index is 10.1. The second-order valence-corrected chi connectivity index (χ2v) is 4.79. The lowest BCUT2D eigenvalue weighted by Crippen LogP contribution is -2.48. The van der Waals surface area contributed by atoms with Crippen molar-refractivity contribution in [3.63, 3.8) is 0 Å². The molecule has 100 valence electrons. The van der Waals surface area contributed by atoms with Crippen LogP contribution in [0.4, 0.5) is 0 Å². The molecule has 0 radical (unpaired) electrons. The van der Waals surface area contributed by atoms with Gasteiger partial charge in [0.05, 0.1) is 12.7 Å². The Morgan fingerprint density at radius 3 is 2.22 bits per heavy atom. The van der Waals surface area contributed by atoms with Crippen LogP contribution in [-0.2, 0) is 0 Å². The third-order valence-electron chi connectivity index (χ3n) is 3.50. The fourth-order valence-corrected chi connectivity index (χ4v) is 2.36. The van der Waals surface area contributed by atoms with Gasteiger partial charge in [-0.3, -0.25) is 9.80 Å². The second kappa shape index (κ2) is 6.85. The molecule has 2 N–H and O–H groups in total. The molecule has 1 saturated heterocycles. The highest BCUT2D eigenvalue weighted by atomic mass is 16.3. The molecular weight excluding hydrogens is 228 g/mol. The molecule has 0 spiro atoms. The minimum atomic E-state index is -0.407. The van der Waals surface area contributed by atoms with E-state index in [2.05, 4.69) is 9.80 Å². The van der Waals surface area contributed by atoms with E-state index < -0.39 is 6.10 Å². The molecule has 0 amide bonds. The highest BCUT2D eigenvalue weighted by Gasteiger charge is 2.19. The number of nitrogens with zero attached hydrogens (tertiary/aromatic N) is 2. The Morgan fingerprint density at radius 2 is 1.61 bits per heavy atom. The molecule has 0 bridgehead atoms. The van der Waals surface area contributed by atoms with Crippen LogP contribution in [0.25, 0.3) is 0 Å². The predicted molar refractivity (Wildman–Crippen MR) is 71.4 cm³/mol. The molecular formula is C14H22N2O2. The van der Waals surface area contributed by atoms with Crippen LogP contribution in [0.5, 0.6) is 0 Å². The Labute approximate surface area is 108 Å². The standard InChI is InChI=1S/C14H22N2O2/c17-11-10-15-6-8-16(9-7-15)12-14(18)13-4-2-1-3-5-13/h1-5,14,17-18H,6-12H2. The number of aliphatic hydroxyl groups is 2. The van der Waals surface area contributed by atoms with Crippen molar-refractivity contribution in [2.24, 2.45) is 0 Å². The van der Waals surface area contributed by atoms with Crippen molar-refractivity contribution in [3.05, 3.63) is 35.9 Å². The third-order valence-corrected chi connectivity index (χ3v) is 3.50. The van der Waals surface area contributed by atoms with Crippen LogP contribution in [-0.4, -0.2) is 65.9 Å². The molecule has 0 saturated carbocycles. The average Bonchev–Trinajstić information content (AvgIpc) is 2.42. The van der Waals surface area contributed by atoms with Gasteiger partial charge in [0.25, 0.3) is 0 Å². The molecule has 0 aliphatic carbocycles. The molecule has 1 aromatic carbocycles. The van der Waals surface area contributed by atoms with Crippen LogP contribution in [0.2, 0.25) is 0 Å². The number of aliphatic hydroxyl groups excluding tert-OH is 2. The molecule has 1 aliphatic rings. The van der Waals surface area contributed by atoms with Crippen LogP contribution in [0.1, 0.15) is 11.7 Å². The van der Waals surface area contributed by atoms with Crippen LogP contribution in [0.15, 0.2) is 30.3 Å². The van der Waals surface area contributed by atoms with Gasteiger partial charge >= 0.3 is 0 Å². The van der Waals surface area contributed by atoms with Gasteiger partial charge in [0.2, 0.25) is 0 Å². The van der Waals surface area contributed by atoms with Gasteiger partial charge < -0.3 is 10.2 Å². The molecule has 18 heavy (non-hydrogen) atoms. The van der Waals surface area contributed by atoms with Gasteiger partial charge in [-0.25, -0.2) is 0 Å². The minimum absolute atomic E-state index is 0.229. The van der Waals surface area contributed by atoms with Crippen LogP contribution in [0, 0.1) is 0 Å². The van der Waals surface area contributed by atoms with E-state index in [9.17, 15) is 5.11 Å². The molecule has 1 aliphatic heterocycles. The van der Waals surface area contributed by atoms with E-state index in [1.54, 1.807) is 0 Å². The zero-order chi connectivity index (χ0) is 12.8. The Bertz CT molecular complexity index is 337. The molecule has 2 rings (SSSR count). The van der Waals surface area contributed by atoms with Gasteiger partial charge in [0.1, 0.15) is 0 Å². The number of piperazine rings is 1. The first-order valence-electron chi connectivity index (χ1n) is 6.58. The summed E-state index contributed by atoms with van der Waals surface area (Å²) in [5, 5.41) is 19.0. The van der Waals surface area contributed by atoms with Gasteiger partial charge in [-0.05, 0) is 5.56 Å². The number of β-amino-alcohol motifs (C(OH)–C–C–N with tert-alkyl or cyclic N) is 2. The quantitative estimate of drug-likeness (QED) is 0.790. The summed E-state index contributed by atoms with van der Waals surface area (Å²) >= 11 is 0. The molecule has 1 aromatic rings. The molecule has 4 heteroatoms. The van der Waals surface area contributed by atoms with Crippen molar-refractivity contribution >= 4 is 0 Å². The maximum atomic E-state index is 10.1. The number of rotatable bonds is 5. The fraction of sp³-hybridized carbons (Fsp3) is 0.571. The molecule has 1 heterocycles. The van der Waals surface area contributed by atoms with E-state index in [0.717, 1.165) is 38.3 Å². The SMILES string of the molecule is OCCN1CCN(CC(O)c2ccccc2)CC1. The number of hydrogen-bond acceptors (Lipinski definition) is 4. The van der Waals surface area contributed by atoms with E-state index in [0.29, 0.717) is 6.54 Å². The van der Waals surface area contributed by atoms with Gasteiger partial charge in [-0.15, -0.1) is 0 Å². The molecule has 1 fully saturated rings. The van der Waals surface area contributed by atoms with Gasteiger partial charge in [0.15, 0.2) is 0 Å². The topological polar surface area (TPSA) is 46.9 Å². The summed E-state index contributed by atoms with van der Waals surface area (Å²) in [5.41, 5.74) is 0.982. The highest BCUT2D eigenvalue weighted by molar-refractivity contribution is 5.17. The molecule has 4 nitrogen and oxygen atoms in total. The first-order chi connectivity index (χ1) is 8.79. The highest BCUT2D eigenvalue weighted by Crippen LogP contribution is 2.14. The largest absolute Gasteiger partial charge is 0.395 e. The Hall–Kier alpha value is -0.940. The van der Waals surface area contributed by atoms with Crippen LogP contribution in [0.3, 0.4) is 0 Å². The molecule has 0 aromatic heterocycles. The normalized spacial score (nSPS) is 19.9. The Balaban J connectivity index is 1.78. The van der Waals surface area contributed by atoms with Crippen LogP contribution >= 0.6 is 0 Å². The summed E-state index contributed by atoms with van der Waals surface area (Å²) in [5.74, 6) is 0. The van der Waals surface area contributed by atoms with E-state index in [1.807, 2.05) is 30.3 Å². The van der Waals surface area contributed by atoms with Gasteiger partial charge in [0, 0.05) is 39.3 Å². The summed E-state index contributed by atoms with van der Waals surface area (Å²) in [6.07, 6.45) is -0.407. The molecule has 1 atom stereocenters. The van der Waals surface area contributed by atoms with Gasteiger partial charge in [-0.2, -0.15) is 0 Å². The Kier molecular flexibility index (Phi) is 5.13. The number of hydrogen-bond donors (Lipinski definition) is 2. The summed E-state index contributed by atoms with van der Waals surface area (Å²) in [4.78, 5) is 4.54. The van der Waals surface area contributed by atoms with E-state index in [4.69, 9.17) is 5.11 Å². The second-order valence-electron chi connectivity index (χ2n) is 4.79. The van der Waals surface area contributed by atoms with Crippen molar-refractivity contribution in [2.75, 3.05) is 45.9 Å². The maximum Gasteiger partial charge on any atom is 0.0916 e. The van der Waals surface area contributed by atoms with Crippen LogP contribution < -0.4 is 0 Å². The van der Waals surface area contributed by atoms with Crippen molar-refractivity contribution in [1.29, 1.82) is 0 Å². The monoisotopic (exact) mass is 250 g/mol. The zero-order valence-electron chi connectivity index (χ0n) is 10.7. The lowest BCUT2D eigenvalue weighted by atomic mass is 10.1. The first-order valence-corrected chi connectivity index (χ1v) is 6.58. The first kappa shape index (κ1) is 13.5. The van der Waals surface area contributed by atoms with Crippen molar-refractivity contribution in [3.8, 4) is 0 Å². The summed E-state index contributed by atoms with van der Waals surface area (Å²) in [6, 6.07) is 9.80. The average molecular weight is 250 g/mol. The lowest BCUT2D eigenvalue weighted by Gasteiger charge is -2.35. The van der Waals surface area contributed by atoms with E-state index in [1.165, 1.54) is 0 Å². The predicted octanol–water partition coefficient (Wildman–Crippen LogP) is 0.330. The van der Waals surface area contributed by atoms with E-state index >= 15 is 0 Å². The fourth-order valence-electron chi connectivity index (χ4n) is 2.36. The minimum Gasteiger partial charge on any atom is -0.395 e. The third kappa shape index (κ3) is 3.78.